The molecule has 148 valence electrons. The van der Waals surface area contributed by atoms with Crippen molar-refractivity contribution in [3.05, 3.63) is 0 Å². The van der Waals surface area contributed by atoms with E-state index in [0.29, 0.717) is 24.5 Å². The van der Waals surface area contributed by atoms with Crippen LogP contribution < -0.4 is 10.6 Å². The molecule has 0 amide bonds. The Balaban J connectivity index is 2.57. The Hall–Kier alpha value is -0.860. The fraction of sp³-hybridized carbons (Fsp3) is 0.941. The third kappa shape index (κ3) is 7.92. The first-order chi connectivity index (χ1) is 12.0. The number of sulfone groups is 1. The van der Waals surface area contributed by atoms with Gasteiger partial charge in [-0.3, -0.25) is 9.89 Å². The average molecular weight is 377 g/mol. The van der Waals surface area contributed by atoms with Crippen molar-refractivity contribution in [1.29, 1.82) is 0 Å². The minimum absolute atomic E-state index is 0.129. The molecule has 2 N–H and O–H groups in total. The molecular weight excluding hydrogens is 340 g/mol. The summed E-state index contributed by atoms with van der Waals surface area (Å²) < 4.78 is 28.7. The number of nitrogens with one attached hydrogen (secondary N) is 2. The first kappa shape index (κ1) is 22.2. The molecule has 0 aromatic heterocycles. The lowest BCUT2D eigenvalue weighted by Crippen LogP contribution is -2.53. The zero-order chi connectivity index (χ0) is 18.7. The van der Waals surface area contributed by atoms with E-state index in [4.69, 9.17) is 4.74 Å². The summed E-state index contributed by atoms with van der Waals surface area (Å²) in [5.74, 6) is 1.58. The van der Waals surface area contributed by atoms with Crippen molar-refractivity contribution in [3.63, 3.8) is 0 Å². The van der Waals surface area contributed by atoms with Crippen LogP contribution in [0.1, 0.15) is 33.6 Å². The van der Waals surface area contributed by atoms with Crippen LogP contribution in [0.4, 0.5) is 0 Å². The summed E-state index contributed by atoms with van der Waals surface area (Å²) in [5, 5.41) is 6.49. The van der Waals surface area contributed by atoms with Gasteiger partial charge in [0.1, 0.15) is 0 Å². The Labute approximate surface area is 153 Å². The van der Waals surface area contributed by atoms with Gasteiger partial charge in [0, 0.05) is 45.0 Å². The number of hydrogen-bond acceptors (Lipinski definition) is 5. The van der Waals surface area contributed by atoms with Gasteiger partial charge in [-0.05, 0) is 5.92 Å². The number of ether oxygens (including phenoxy) is 1. The monoisotopic (exact) mass is 376 g/mol. The van der Waals surface area contributed by atoms with Crippen LogP contribution in [-0.2, 0) is 14.6 Å². The Morgan fingerprint density at radius 3 is 2.32 bits per heavy atom. The van der Waals surface area contributed by atoms with Gasteiger partial charge in [-0.1, -0.05) is 33.6 Å². The molecule has 1 rings (SSSR count). The van der Waals surface area contributed by atoms with Crippen molar-refractivity contribution in [1.82, 2.24) is 15.5 Å². The van der Waals surface area contributed by atoms with Gasteiger partial charge in [0.2, 0.25) is 0 Å². The minimum atomic E-state index is -2.96. The van der Waals surface area contributed by atoms with E-state index in [1.54, 1.807) is 14.0 Å². The molecule has 25 heavy (non-hydrogen) atoms. The molecule has 1 atom stereocenters. The van der Waals surface area contributed by atoms with E-state index >= 15 is 0 Å². The Morgan fingerprint density at radius 2 is 1.80 bits per heavy atom. The van der Waals surface area contributed by atoms with E-state index in [9.17, 15) is 8.42 Å². The minimum Gasteiger partial charge on any atom is -0.379 e. The highest BCUT2D eigenvalue weighted by atomic mass is 32.2. The lowest BCUT2D eigenvalue weighted by atomic mass is 9.92. The highest BCUT2D eigenvalue weighted by Gasteiger charge is 2.27. The van der Waals surface area contributed by atoms with Crippen molar-refractivity contribution in [2.75, 3.05) is 57.9 Å². The molecule has 1 fully saturated rings. The summed E-state index contributed by atoms with van der Waals surface area (Å²) in [6, 6.07) is 0.428. The molecule has 0 radical (unpaired) electrons. The van der Waals surface area contributed by atoms with Gasteiger partial charge < -0.3 is 15.4 Å². The van der Waals surface area contributed by atoms with E-state index in [-0.39, 0.29) is 11.5 Å². The van der Waals surface area contributed by atoms with Crippen molar-refractivity contribution in [2.45, 2.75) is 39.7 Å². The molecule has 0 aromatic carbocycles. The highest BCUT2D eigenvalue weighted by molar-refractivity contribution is 7.91. The van der Waals surface area contributed by atoms with E-state index in [1.807, 2.05) is 0 Å². The van der Waals surface area contributed by atoms with Crippen LogP contribution >= 0.6 is 0 Å². The molecule has 0 spiro atoms. The molecule has 1 unspecified atom stereocenters. The van der Waals surface area contributed by atoms with E-state index in [1.165, 1.54) is 0 Å². The summed E-state index contributed by atoms with van der Waals surface area (Å²) in [7, 11) is -1.25. The largest absolute Gasteiger partial charge is 0.379 e. The molecule has 1 saturated heterocycles. The Morgan fingerprint density at radius 1 is 1.16 bits per heavy atom. The highest BCUT2D eigenvalue weighted by Crippen LogP contribution is 2.19. The standard InChI is InChI=1S/C17H36N4O3S/c1-5-15(6-2)16(21-9-11-24-12-10-21)14-20-17(18-4)19-8-13-25(22,23)7-3/h15-16H,5-14H2,1-4H3,(H2,18,19,20). The van der Waals surface area contributed by atoms with E-state index in [2.05, 4.69) is 34.4 Å². The summed E-state index contributed by atoms with van der Waals surface area (Å²) in [4.78, 5) is 6.72. The SMILES string of the molecule is CCC(CC)C(CNC(=NC)NCCS(=O)(=O)CC)N1CCOCC1. The lowest BCUT2D eigenvalue weighted by Gasteiger charge is -2.39. The summed E-state index contributed by atoms with van der Waals surface area (Å²) in [6.45, 7) is 10.8. The first-order valence-electron chi connectivity index (χ1n) is 9.44. The van der Waals surface area contributed by atoms with Gasteiger partial charge in [-0.2, -0.15) is 0 Å². The van der Waals surface area contributed by atoms with Gasteiger partial charge in [-0.25, -0.2) is 8.42 Å². The van der Waals surface area contributed by atoms with Gasteiger partial charge in [0.15, 0.2) is 15.8 Å². The van der Waals surface area contributed by atoms with Gasteiger partial charge in [0.25, 0.3) is 0 Å². The molecule has 7 nitrogen and oxygen atoms in total. The number of rotatable bonds is 10. The van der Waals surface area contributed by atoms with Gasteiger partial charge in [-0.15, -0.1) is 0 Å². The molecule has 0 saturated carbocycles. The van der Waals surface area contributed by atoms with Crippen LogP contribution in [0.5, 0.6) is 0 Å². The van der Waals surface area contributed by atoms with Crippen LogP contribution in [0.2, 0.25) is 0 Å². The number of guanidine groups is 1. The number of nitrogens with zero attached hydrogens (tertiary/aromatic N) is 2. The summed E-state index contributed by atoms with van der Waals surface area (Å²) >= 11 is 0. The maximum Gasteiger partial charge on any atom is 0.191 e. The maximum atomic E-state index is 11.6. The van der Waals surface area contributed by atoms with Crippen molar-refractivity contribution in [2.24, 2.45) is 10.9 Å². The Bertz CT molecular complexity index is 486. The fourth-order valence-electron chi connectivity index (χ4n) is 3.23. The van der Waals surface area contributed by atoms with E-state index in [0.717, 1.165) is 45.7 Å². The molecule has 0 bridgehead atoms. The van der Waals surface area contributed by atoms with Crippen LogP contribution in [-0.4, -0.2) is 83.3 Å². The topological polar surface area (TPSA) is 83.0 Å². The first-order valence-corrected chi connectivity index (χ1v) is 11.3. The van der Waals surface area contributed by atoms with E-state index < -0.39 is 9.84 Å². The van der Waals surface area contributed by atoms with Crippen molar-refractivity contribution < 1.29 is 13.2 Å². The third-order valence-corrected chi connectivity index (χ3v) is 6.66. The second-order valence-electron chi connectivity index (χ2n) is 6.41. The van der Waals surface area contributed by atoms with Crippen LogP contribution in [0.25, 0.3) is 0 Å². The second-order valence-corrected chi connectivity index (χ2v) is 8.88. The van der Waals surface area contributed by atoms with Gasteiger partial charge >= 0.3 is 0 Å². The number of aliphatic imine (C=N–C) groups is 1. The maximum absolute atomic E-state index is 11.6. The Kier molecular flexibility index (Phi) is 10.4. The van der Waals surface area contributed by atoms with Crippen LogP contribution in [0, 0.1) is 5.92 Å². The summed E-state index contributed by atoms with van der Waals surface area (Å²) in [5.41, 5.74) is 0. The molecular formula is C17H36N4O3S. The fourth-order valence-corrected chi connectivity index (χ4v) is 3.93. The van der Waals surface area contributed by atoms with Crippen LogP contribution in [0.3, 0.4) is 0 Å². The second kappa shape index (κ2) is 11.7. The predicted octanol–water partition coefficient (Wildman–Crippen LogP) is 0.723. The quantitative estimate of drug-likeness (QED) is 0.432. The smallest absolute Gasteiger partial charge is 0.191 e. The average Bonchev–Trinajstić information content (AvgIpc) is 2.64. The molecule has 0 aromatic rings. The molecule has 1 aliphatic rings. The molecule has 1 heterocycles. The summed E-state index contributed by atoms with van der Waals surface area (Å²) in [6.07, 6.45) is 2.28. The molecule has 0 aliphatic carbocycles. The molecule has 8 heteroatoms. The number of morpholine rings is 1. The zero-order valence-corrected chi connectivity index (χ0v) is 17.1. The van der Waals surface area contributed by atoms with Crippen molar-refractivity contribution >= 4 is 15.8 Å². The third-order valence-electron chi connectivity index (χ3n) is 4.96. The lowest BCUT2D eigenvalue weighted by molar-refractivity contribution is 0.00272. The number of hydrogen-bond donors (Lipinski definition) is 2. The van der Waals surface area contributed by atoms with Crippen LogP contribution in [0.15, 0.2) is 4.99 Å². The van der Waals surface area contributed by atoms with Crippen molar-refractivity contribution in [3.8, 4) is 0 Å². The normalized spacial score (nSPS) is 18.4. The predicted molar refractivity (Wildman–Crippen MR) is 104 cm³/mol. The zero-order valence-electron chi connectivity index (χ0n) is 16.3. The van der Waals surface area contributed by atoms with Gasteiger partial charge in [0.05, 0.1) is 19.0 Å². The molecule has 1 aliphatic heterocycles.